The van der Waals surface area contributed by atoms with Crippen LogP contribution < -0.4 is 10.6 Å². The Kier molecular flexibility index (Phi) is 4.32. The molecule has 0 saturated carbocycles. The minimum absolute atomic E-state index is 0.0560. The van der Waals surface area contributed by atoms with Crippen molar-refractivity contribution in [2.75, 3.05) is 6.54 Å². The summed E-state index contributed by atoms with van der Waals surface area (Å²) in [6.45, 7) is 2.43. The van der Waals surface area contributed by atoms with Crippen LogP contribution in [0.5, 0.6) is 0 Å². The number of nitrogens with one attached hydrogen (secondary N) is 2. The minimum atomic E-state index is -1.17. The van der Waals surface area contributed by atoms with Gasteiger partial charge in [0.25, 0.3) is 11.8 Å². The Morgan fingerprint density at radius 1 is 1.13 bits per heavy atom. The molecule has 0 spiro atoms. The number of amides is 4. The van der Waals surface area contributed by atoms with Crippen LogP contribution in [0.2, 0.25) is 0 Å². The van der Waals surface area contributed by atoms with Crippen LogP contribution in [0.3, 0.4) is 0 Å². The van der Waals surface area contributed by atoms with Crippen molar-refractivity contribution in [1.82, 2.24) is 25.7 Å². The highest BCUT2D eigenvalue weighted by Crippen LogP contribution is 2.28. The van der Waals surface area contributed by atoms with Gasteiger partial charge in [0, 0.05) is 17.7 Å². The van der Waals surface area contributed by atoms with Crippen LogP contribution in [0.15, 0.2) is 53.1 Å². The molecule has 2 aliphatic rings. The quantitative estimate of drug-likeness (QED) is 0.627. The molecule has 0 aliphatic carbocycles. The third-order valence-corrected chi connectivity index (χ3v) is 5.72. The number of aromatic nitrogens is 2. The Morgan fingerprint density at radius 3 is 2.77 bits per heavy atom. The van der Waals surface area contributed by atoms with Gasteiger partial charge >= 0.3 is 6.03 Å². The number of imide groups is 1. The van der Waals surface area contributed by atoms with E-state index in [9.17, 15) is 14.4 Å². The predicted octanol–water partition coefficient (Wildman–Crippen LogP) is 1.99. The zero-order valence-electron chi connectivity index (χ0n) is 16.7. The molecule has 1 unspecified atom stereocenters. The molecule has 0 radical (unpaired) electrons. The Hall–Kier alpha value is -4.01. The van der Waals surface area contributed by atoms with Gasteiger partial charge in [-0.2, -0.15) is 4.98 Å². The molecule has 2 aliphatic heterocycles. The number of benzene rings is 2. The molecule has 4 amide bonds. The van der Waals surface area contributed by atoms with Crippen LogP contribution >= 0.6 is 0 Å². The van der Waals surface area contributed by atoms with Gasteiger partial charge in [0.15, 0.2) is 0 Å². The fourth-order valence-corrected chi connectivity index (χ4v) is 3.94. The molecule has 2 aromatic carbocycles. The summed E-state index contributed by atoms with van der Waals surface area (Å²) >= 11 is 0. The van der Waals surface area contributed by atoms with Crippen molar-refractivity contribution in [3.05, 3.63) is 71.1 Å². The zero-order valence-corrected chi connectivity index (χ0v) is 16.7. The third-order valence-electron chi connectivity index (χ3n) is 5.72. The summed E-state index contributed by atoms with van der Waals surface area (Å²) in [6.07, 6.45) is 0.775. The summed E-state index contributed by atoms with van der Waals surface area (Å²) in [5.74, 6) is 0.188. The molecule has 9 nitrogen and oxygen atoms in total. The number of urea groups is 1. The fraction of sp³-hybridized carbons (Fsp3) is 0.227. The molecule has 1 fully saturated rings. The lowest BCUT2D eigenvalue weighted by Crippen LogP contribution is -2.40. The van der Waals surface area contributed by atoms with Crippen molar-refractivity contribution in [2.24, 2.45) is 0 Å². The van der Waals surface area contributed by atoms with Gasteiger partial charge < -0.3 is 14.7 Å². The molecule has 9 heteroatoms. The average Bonchev–Trinajstić information content (AvgIpc) is 3.34. The molecule has 1 aromatic heterocycles. The summed E-state index contributed by atoms with van der Waals surface area (Å²) in [6, 6.07) is 14.1. The maximum Gasteiger partial charge on any atom is 0.322 e. The molecular weight excluding hydrogens is 398 g/mol. The Balaban J connectivity index is 1.37. The van der Waals surface area contributed by atoms with E-state index in [2.05, 4.69) is 20.8 Å². The van der Waals surface area contributed by atoms with Crippen LogP contribution in [-0.2, 0) is 23.3 Å². The first-order chi connectivity index (χ1) is 14.9. The van der Waals surface area contributed by atoms with Gasteiger partial charge in [-0.1, -0.05) is 41.6 Å². The highest BCUT2D eigenvalue weighted by Gasteiger charge is 2.43. The lowest BCUT2D eigenvalue weighted by atomic mass is 9.91. The van der Waals surface area contributed by atoms with E-state index in [-0.39, 0.29) is 12.5 Å². The van der Waals surface area contributed by atoms with Crippen LogP contribution in [0.4, 0.5) is 4.79 Å². The Labute approximate surface area is 177 Å². The number of carbonyl (C=O) groups excluding carboxylic acids is 3. The van der Waals surface area contributed by atoms with Gasteiger partial charge in [-0.25, -0.2) is 4.79 Å². The largest absolute Gasteiger partial charge is 0.337 e. The van der Waals surface area contributed by atoms with E-state index >= 15 is 0 Å². The number of carbonyl (C=O) groups is 3. The van der Waals surface area contributed by atoms with Crippen molar-refractivity contribution >= 4 is 17.8 Å². The molecule has 0 bridgehead atoms. The van der Waals surface area contributed by atoms with E-state index in [4.69, 9.17) is 4.52 Å². The van der Waals surface area contributed by atoms with Crippen LogP contribution in [0, 0.1) is 0 Å². The lowest BCUT2D eigenvalue weighted by Gasteiger charge is -2.27. The summed E-state index contributed by atoms with van der Waals surface area (Å²) in [7, 11) is 0. The third kappa shape index (κ3) is 3.24. The molecule has 31 heavy (non-hydrogen) atoms. The first-order valence-electron chi connectivity index (χ1n) is 9.88. The molecule has 2 N–H and O–H groups in total. The van der Waals surface area contributed by atoms with E-state index < -0.39 is 17.5 Å². The van der Waals surface area contributed by atoms with E-state index in [0.29, 0.717) is 35.0 Å². The predicted molar refractivity (Wildman–Crippen MR) is 109 cm³/mol. The smallest absolute Gasteiger partial charge is 0.322 e. The van der Waals surface area contributed by atoms with Gasteiger partial charge in [-0.15, -0.1) is 0 Å². The molecular formula is C22H19N5O4. The zero-order chi connectivity index (χ0) is 21.6. The van der Waals surface area contributed by atoms with E-state index in [1.54, 1.807) is 36.1 Å². The Bertz CT molecular complexity index is 1220. The van der Waals surface area contributed by atoms with Crippen molar-refractivity contribution in [1.29, 1.82) is 0 Å². The van der Waals surface area contributed by atoms with Gasteiger partial charge in [-0.05, 0) is 36.6 Å². The van der Waals surface area contributed by atoms with E-state index in [1.807, 2.05) is 24.3 Å². The second kappa shape index (κ2) is 7.05. The van der Waals surface area contributed by atoms with Crippen molar-refractivity contribution in [2.45, 2.75) is 25.4 Å². The SMILES string of the molecule is CC1(c2cccc(-c3noc(CN4CCc5ccccc5C4=O)n3)c2)NC(=O)NC1=O. The molecule has 1 saturated heterocycles. The van der Waals surface area contributed by atoms with Gasteiger partial charge in [0.05, 0.1) is 0 Å². The molecule has 3 aromatic rings. The Morgan fingerprint density at radius 2 is 1.97 bits per heavy atom. The highest BCUT2D eigenvalue weighted by molar-refractivity contribution is 6.07. The number of hydrogen-bond donors (Lipinski definition) is 2. The number of hydrogen-bond acceptors (Lipinski definition) is 6. The van der Waals surface area contributed by atoms with Gasteiger partial charge in [0.2, 0.25) is 11.7 Å². The first-order valence-corrected chi connectivity index (χ1v) is 9.88. The molecule has 1 atom stereocenters. The summed E-state index contributed by atoms with van der Waals surface area (Å²) < 4.78 is 5.38. The number of rotatable bonds is 4. The topological polar surface area (TPSA) is 117 Å². The van der Waals surface area contributed by atoms with Crippen molar-refractivity contribution in [3.8, 4) is 11.4 Å². The minimum Gasteiger partial charge on any atom is -0.337 e. The van der Waals surface area contributed by atoms with E-state index in [0.717, 1.165) is 12.0 Å². The maximum absolute atomic E-state index is 12.7. The monoisotopic (exact) mass is 417 g/mol. The lowest BCUT2D eigenvalue weighted by molar-refractivity contribution is -0.123. The van der Waals surface area contributed by atoms with Crippen LogP contribution in [0.1, 0.15) is 34.3 Å². The van der Waals surface area contributed by atoms with Crippen LogP contribution in [0.25, 0.3) is 11.4 Å². The second-order valence-electron chi connectivity index (χ2n) is 7.76. The number of fused-ring (bicyclic) bond motifs is 1. The van der Waals surface area contributed by atoms with Gasteiger partial charge in [0.1, 0.15) is 12.1 Å². The summed E-state index contributed by atoms with van der Waals surface area (Å²) in [5.41, 5.74) is 1.81. The van der Waals surface area contributed by atoms with Gasteiger partial charge in [-0.3, -0.25) is 14.9 Å². The highest BCUT2D eigenvalue weighted by atomic mass is 16.5. The first kappa shape index (κ1) is 19.0. The van der Waals surface area contributed by atoms with Crippen molar-refractivity contribution in [3.63, 3.8) is 0 Å². The molecule has 3 heterocycles. The normalized spacial score (nSPS) is 20.4. The van der Waals surface area contributed by atoms with Crippen molar-refractivity contribution < 1.29 is 18.9 Å². The average molecular weight is 417 g/mol. The summed E-state index contributed by atoms with van der Waals surface area (Å²) in [4.78, 5) is 42.7. The standard InChI is InChI=1S/C22H19N5O4/c1-22(20(29)24-21(30)25-22)15-7-4-6-14(11-15)18-23-17(31-26-18)12-27-10-9-13-5-2-3-8-16(13)19(27)28/h2-8,11H,9-10,12H2,1H3,(H2,24,25,29,30). The molecule has 5 rings (SSSR count). The summed E-state index contributed by atoms with van der Waals surface area (Å²) in [5, 5.41) is 8.92. The fourth-order valence-electron chi connectivity index (χ4n) is 3.94. The van der Waals surface area contributed by atoms with Crippen LogP contribution in [-0.4, -0.2) is 39.4 Å². The maximum atomic E-state index is 12.7. The van der Waals surface area contributed by atoms with E-state index in [1.165, 1.54) is 0 Å². The second-order valence-corrected chi connectivity index (χ2v) is 7.76. The number of nitrogens with zero attached hydrogens (tertiary/aromatic N) is 3. The molecule has 156 valence electrons.